The molecule has 10 heteroatoms. The van der Waals surface area contributed by atoms with Gasteiger partial charge in [-0.25, -0.2) is 0 Å². The van der Waals surface area contributed by atoms with Crippen LogP contribution in [0.15, 0.2) is 12.1 Å². The van der Waals surface area contributed by atoms with Gasteiger partial charge in [-0.05, 0) is 0 Å². The second-order valence-electron chi connectivity index (χ2n) is 1.52. The summed E-state index contributed by atoms with van der Waals surface area (Å²) < 4.78 is 89.7. The number of hydrogen-bond acceptors (Lipinski definition) is 3. The minimum absolute atomic E-state index is 2.37. The lowest BCUT2D eigenvalue weighted by molar-refractivity contribution is -0.0538. The van der Waals surface area contributed by atoms with E-state index >= 15 is 0 Å². The molecule has 0 amide bonds. The van der Waals surface area contributed by atoms with Gasteiger partial charge in [-0.1, -0.05) is 0 Å². The summed E-state index contributed by atoms with van der Waals surface area (Å²) in [5.74, 6) is 0. The molecule has 0 heterocycles. The third kappa shape index (κ3) is 3.13. The van der Waals surface area contributed by atoms with Crippen molar-refractivity contribution in [3.05, 3.63) is 12.1 Å². The lowest BCUT2D eigenvalue weighted by atomic mass is 11.0. The van der Waals surface area contributed by atoms with Crippen LogP contribution in [0.1, 0.15) is 0 Å². The molecule has 0 N–H and O–H groups in total. The SMILES string of the molecule is O=S(=O)(OC(F)=C(F)F)C(F)(F)F. The smallest absolute Gasteiger partial charge is 0.340 e. The standard InChI is InChI=1S/C3F6O3S/c4-1(5)2(6)12-13(10,11)3(7,8)9. The fraction of sp³-hybridized carbons (Fsp3) is 0.333. The van der Waals surface area contributed by atoms with Gasteiger partial charge in [0, 0.05) is 0 Å². The molecule has 0 atom stereocenters. The van der Waals surface area contributed by atoms with Crippen molar-refractivity contribution in [3.63, 3.8) is 0 Å². The first-order valence-electron chi connectivity index (χ1n) is 2.29. The average Bonchev–Trinajstić information content (AvgIpc) is 1.83. The van der Waals surface area contributed by atoms with Crippen LogP contribution in [0.4, 0.5) is 26.3 Å². The van der Waals surface area contributed by atoms with Gasteiger partial charge in [0.25, 0.3) is 0 Å². The lowest BCUT2D eigenvalue weighted by Gasteiger charge is -2.05. The quantitative estimate of drug-likeness (QED) is 0.315. The van der Waals surface area contributed by atoms with E-state index < -0.39 is 27.7 Å². The van der Waals surface area contributed by atoms with Crippen molar-refractivity contribution in [1.29, 1.82) is 0 Å². The van der Waals surface area contributed by atoms with E-state index in [0.29, 0.717) is 0 Å². The van der Waals surface area contributed by atoms with Gasteiger partial charge in [0.1, 0.15) is 0 Å². The zero-order valence-corrected chi connectivity index (χ0v) is 6.22. The molecule has 0 spiro atoms. The Morgan fingerprint density at radius 1 is 1.08 bits per heavy atom. The molecule has 0 aliphatic carbocycles. The van der Waals surface area contributed by atoms with Crippen LogP contribution in [-0.4, -0.2) is 13.9 Å². The Balaban J connectivity index is 4.86. The molecular formula is C3F6O3S. The molecule has 0 bridgehead atoms. The Bertz CT molecular complexity index is 309. The minimum atomic E-state index is -6.35. The maximum Gasteiger partial charge on any atom is 0.534 e. The van der Waals surface area contributed by atoms with E-state index in [2.05, 4.69) is 4.18 Å². The summed E-state index contributed by atoms with van der Waals surface area (Å²) in [6.07, 6.45) is -3.30. The Labute approximate surface area is 67.7 Å². The maximum absolute atomic E-state index is 11.6. The first kappa shape index (κ1) is 12.1. The van der Waals surface area contributed by atoms with Crippen molar-refractivity contribution in [2.24, 2.45) is 0 Å². The van der Waals surface area contributed by atoms with Crippen molar-refractivity contribution in [1.82, 2.24) is 0 Å². The average molecular weight is 230 g/mol. The molecule has 0 rings (SSSR count). The van der Waals surface area contributed by atoms with E-state index in [1.54, 1.807) is 0 Å². The highest BCUT2D eigenvalue weighted by molar-refractivity contribution is 7.87. The molecule has 0 aliphatic rings. The summed E-state index contributed by atoms with van der Waals surface area (Å²) in [5.41, 5.74) is -5.94. The summed E-state index contributed by atoms with van der Waals surface area (Å²) in [6.45, 7) is 0. The van der Waals surface area contributed by atoms with E-state index in [4.69, 9.17) is 0 Å². The van der Waals surface area contributed by atoms with Gasteiger partial charge in [-0.3, -0.25) is 0 Å². The fourth-order valence-electron chi connectivity index (χ4n) is 0.175. The Hall–Kier alpha value is -0.930. The Morgan fingerprint density at radius 3 is 1.69 bits per heavy atom. The van der Waals surface area contributed by atoms with Gasteiger partial charge in [-0.2, -0.15) is 34.8 Å². The normalized spacial score (nSPS) is 12.5. The number of hydrogen-bond donors (Lipinski definition) is 0. The summed E-state index contributed by atoms with van der Waals surface area (Å²) in [4.78, 5) is 0. The second kappa shape index (κ2) is 3.44. The summed E-state index contributed by atoms with van der Waals surface area (Å²) >= 11 is 0. The van der Waals surface area contributed by atoms with Gasteiger partial charge in [0.15, 0.2) is 0 Å². The van der Waals surface area contributed by atoms with E-state index in [9.17, 15) is 34.8 Å². The monoisotopic (exact) mass is 230 g/mol. The van der Waals surface area contributed by atoms with Crippen molar-refractivity contribution in [2.45, 2.75) is 5.51 Å². The van der Waals surface area contributed by atoms with E-state index in [0.717, 1.165) is 0 Å². The van der Waals surface area contributed by atoms with Gasteiger partial charge in [0.2, 0.25) is 0 Å². The van der Waals surface area contributed by atoms with Crippen molar-refractivity contribution >= 4 is 10.1 Å². The third-order valence-electron chi connectivity index (χ3n) is 0.615. The zero-order chi connectivity index (χ0) is 10.9. The van der Waals surface area contributed by atoms with E-state index in [-0.39, 0.29) is 0 Å². The molecule has 0 aromatic heterocycles. The summed E-state index contributed by atoms with van der Waals surface area (Å²) in [7, 11) is -6.35. The molecule has 78 valence electrons. The maximum atomic E-state index is 11.6. The van der Waals surface area contributed by atoms with Crippen molar-refractivity contribution in [2.75, 3.05) is 0 Å². The van der Waals surface area contributed by atoms with Crippen LogP contribution in [0.5, 0.6) is 0 Å². The third-order valence-corrected chi connectivity index (χ3v) is 1.55. The molecule has 0 aliphatic heterocycles. The molecule has 0 aromatic rings. The summed E-state index contributed by atoms with van der Waals surface area (Å²) in [5, 5.41) is 0. The minimum Gasteiger partial charge on any atom is -0.340 e. The predicted octanol–water partition coefficient (Wildman–Crippen LogP) is 1.89. The molecule has 0 radical (unpaired) electrons. The molecular weight excluding hydrogens is 230 g/mol. The van der Waals surface area contributed by atoms with Crippen molar-refractivity contribution in [3.8, 4) is 0 Å². The lowest BCUT2D eigenvalue weighted by Crippen LogP contribution is -2.24. The highest BCUT2D eigenvalue weighted by Gasteiger charge is 2.49. The van der Waals surface area contributed by atoms with Crippen LogP contribution in [0.3, 0.4) is 0 Å². The molecule has 13 heavy (non-hydrogen) atoms. The second-order valence-corrected chi connectivity index (χ2v) is 3.06. The van der Waals surface area contributed by atoms with Crippen LogP contribution in [0, 0.1) is 0 Å². The number of alkyl halides is 3. The van der Waals surface area contributed by atoms with Crippen LogP contribution < -0.4 is 0 Å². The molecule has 0 fully saturated rings. The topological polar surface area (TPSA) is 43.4 Å². The highest BCUT2D eigenvalue weighted by Crippen LogP contribution is 2.27. The van der Waals surface area contributed by atoms with Gasteiger partial charge < -0.3 is 4.18 Å². The summed E-state index contributed by atoms with van der Waals surface area (Å²) in [6, 6.07) is -3.10. The zero-order valence-electron chi connectivity index (χ0n) is 5.40. The van der Waals surface area contributed by atoms with Crippen LogP contribution in [0.25, 0.3) is 0 Å². The first-order chi connectivity index (χ1) is 5.58. The van der Waals surface area contributed by atoms with Crippen molar-refractivity contribution < 1.29 is 38.9 Å². The predicted molar refractivity (Wildman–Crippen MR) is 26.4 cm³/mol. The number of halogens is 6. The number of rotatable bonds is 2. The van der Waals surface area contributed by atoms with Gasteiger partial charge in [-0.15, -0.1) is 0 Å². The largest absolute Gasteiger partial charge is 0.534 e. The molecule has 0 aromatic carbocycles. The Morgan fingerprint density at radius 2 is 1.46 bits per heavy atom. The highest BCUT2D eigenvalue weighted by atomic mass is 32.2. The molecule has 3 nitrogen and oxygen atoms in total. The van der Waals surface area contributed by atoms with Crippen LogP contribution in [0.2, 0.25) is 0 Å². The van der Waals surface area contributed by atoms with Gasteiger partial charge >= 0.3 is 27.7 Å². The van der Waals surface area contributed by atoms with Gasteiger partial charge in [0.05, 0.1) is 0 Å². The fourth-order valence-corrected chi connectivity index (χ4v) is 0.525. The Kier molecular flexibility index (Phi) is 3.19. The molecule has 0 saturated carbocycles. The van der Waals surface area contributed by atoms with Crippen LogP contribution in [-0.2, 0) is 14.3 Å². The van der Waals surface area contributed by atoms with E-state index in [1.807, 2.05) is 0 Å². The van der Waals surface area contributed by atoms with E-state index in [1.165, 1.54) is 0 Å². The van der Waals surface area contributed by atoms with Crippen LogP contribution >= 0.6 is 0 Å². The molecule has 0 unspecified atom stereocenters. The molecule has 0 saturated heterocycles. The first-order valence-corrected chi connectivity index (χ1v) is 3.70.